The van der Waals surface area contributed by atoms with Crippen LogP contribution in [0, 0.1) is 0 Å². The Labute approximate surface area is 138 Å². The van der Waals surface area contributed by atoms with Gasteiger partial charge < -0.3 is 4.74 Å². The zero-order valence-corrected chi connectivity index (χ0v) is 13.2. The van der Waals surface area contributed by atoms with Crippen LogP contribution in [0.3, 0.4) is 0 Å². The molecule has 2 aromatic rings. The molecule has 2 rings (SSSR count). The second-order valence-corrected chi connectivity index (χ2v) is 5.34. The summed E-state index contributed by atoms with van der Waals surface area (Å²) in [5.74, 6) is -0.158. The number of ether oxygens (including phenoxy) is 1. The summed E-state index contributed by atoms with van der Waals surface area (Å²) in [6.45, 7) is 2.15. The van der Waals surface area contributed by atoms with E-state index in [0.717, 1.165) is 19.3 Å². The molecule has 0 aromatic heterocycles. The summed E-state index contributed by atoms with van der Waals surface area (Å²) in [6.07, 6.45) is 3.26. The van der Waals surface area contributed by atoms with Crippen molar-refractivity contribution in [3.05, 3.63) is 65.2 Å². The van der Waals surface area contributed by atoms with Gasteiger partial charge in [-0.1, -0.05) is 25.5 Å². The van der Waals surface area contributed by atoms with E-state index in [2.05, 4.69) is 6.92 Å². The summed E-state index contributed by atoms with van der Waals surface area (Å²) in [5.41, 5.74) is 2.23. The molecule has 0 bridgehead atoms. The van der Waals surface area contributed by atoms with Crippen LogP contribution in [0.25, 0.3) is 0 Å². The molecule has 23 heavy (non-hydrogen) atoms. The first kappa shape index (κ1) is 17.0. The molecule has 0 aliphatic carbocycles. The van der Waals surface area contributed by atoms with Gasteiger partial charge in [-0.2, -0.15) is 0 Å². The number of benzene rings is 2. The maximum absolute atomic E-state index is 12.1. The van der Waals surface area contributed by atoms with Gasteiger partial charge in [-0.05, 0) is 61.1 Å². The van der Waals surface area contributed by atoms with Gasteiger partial charge in [0.05, 0.1) is 13.4 Å². The van der Waals surface area contributed by atoms with Gasteiger partial charge in [-0.3, -0.25) is 4.79 Å². The summed E-state index contributed by atoms with van der Waals surface area (Å²) in [6, 6.07) is 13.9. The fourth-order valence-electron chi connectivity index (χ4n) is 2.18. The number of carbonyl (C=O) groups excluding carboxylic acids is 2. The summed E-state index contributed by atoms with van der Waals surface area (Å²) in [4.78, 5) is 23.5. The molecule has 0 fully saturated rings. The van der Waals surface area contributed by atoms with Gasteiger partial charge in [0, 0.05) is 5.56 Å². The molecule has 0 saturated heterocycles. The molecule has 0 spiro atoms. The average Bonchev–Trinajstić information content (AvgIpc) is 2.60. The van der Waals surface area contributed by atoms with Crippen molar-refractivity contribution in [3.8, 4) is 5.75 Å². The quantitative estimate of drug-likeness (QED) is 0.336. The van der Waals surface area contributed by atoms with Crippen LogP contribution in [0.5, 0.6) is 5.75 Å². The van der Waals surface area contributed by atoms with E-state index in [1.807, 2.05) is 12.1 Å². The lowest BCUT2D eigenvalue weighted by Gasteiger charge is -2.06. The number of hydrogen-bond donors (Lipinski definition) is 0. The molecule has 0 heterocycles. The molecule has 0 amide bonds. The Morgan fingerprint density at radius 2 is 1.57 bits per heavy atom. The van der Waals surface area contributed by atoms with Crippen molar-refractivity contribution in [3.63, 3.8) is 0 Å². The Kier molecular flexibility index (Phi) is 6.15. The van der Waals surface area contributed by atoms with Gasteiger partial charge >= 0.3 is 5.97 Å². The first-order valence-electron chi connectivity index (χ1n) is 7.78. The van der Waals surface area contributed by atoms with Crippen LogP contribution in [0.4, 0.5) is 0 Å². The molecule has 2 aromatic carbocycles. The highest BCUT2D eigenvalue weighted by Gasteiger charge is 2.09. The molecule has 0 N–H and O–H groups in total. The van der Waals surface area contributed by atoms with Crippen molar-refractivity contribution >= 4 is 19.6 Å². The summed E-state index contributed by atoms with van der Waals surface area (Å²) >= 11 is 0. The molecule has 0 unspecified atom stereocenters. The van der Waals surface area contributed by atoms with E-state index in [1.54, 1.807) is 36.4 Å². The minimum Gasteiger partial charge on any atom is -0.423 e. The second-order valence-electron chi connectivity index (χ2n) is 5.34. The maximum atomic E-state index is 12.1. The van der Waals surface area contributed by atoms with Gasteiger partial charge in [0.15, 0.2) is 5.78 Å². The number of unbranched alkanes of at least 4 members (excludes halogenated alkanes) is 1. The summed E-state index contributed by atoms with van der Waals surface area (Å²) < 4.78 is 5.31. The van der Waals surface area contributed by atoms with Crippen LogP contribution >= 0.6 is 0 Å². The Bertz CT molecular complexity index is 660. The minimum atomic E-state index is -0.412. The number of carbonyl (C=O) groups is 2. The fraction of sp³-hybridized carbons (Fsp3) is 0.263. The van der Waals surface area contributed by atoms with Crippen LogP contribution in [0.1, 0.15) is 46.0 Å². The van der Waals surface area contributed by atoms with E-state index < -0.39 is 5.97 Å². The van der Waals surface area contributed by atoms with Crippen molar-refractivity contribution in [1.29, 1.82) is 0 Å². The fourth-order valence-corrected chi connectivity index (χ4v) is 2.18. The first-order chi connectivity index (χ1) is 11.1. The van der Waals surface area contributed by atoms with Crippen LogP contribution in [0.15, 0.2) is 48.5 Å². The van der Waals surface area contributed by atoms with E-state index in [0.29, 0.717) is 16.9 Å². The zero-order valence-electron chi connectivity index (χ0n) is 13.2. The molecule has 0 atom stereocenters. The Morgan fingerprint density at radius 3 is 2.13 bits per heavy atom. The van der Waals surface area contributed by atoms with Gasteiger partial charge in [0.2, 0.25) is 0 Å². The average molecular weight is 306 g/mol. The first-order valence-corrected chi connectivity index (χ1v) is 7.78. The molecule has 4 heteroatoms. The lowest BCUT2D eigenvalue weighted by Crippen LogP contribution is -2.08. The smallest absolute Gasteiger partial charge is 0.343 e. The lowest BCUT2D eigenvalue weighted by molar-refractivity contribution is 0.0734. The summed E-state index contributed by atoms with van der Waals surface area (Å²) in [5, 5.41) is 0. The minimum absolute atomic E-state index is 0.0382. The summed E-state index contributed by atoms with van der Waals surface area (Å²) in [7, 11) is 5.31. The van der Waals surface area contributed by atoms with Gasteiger partial charge in [-0.15, -0.1) is 0 Å². The third-order valence-electron chi connectivity index (χ3n) is 3.58. The van der Waals surface area contributed by atoms with Crippen molar-refractivity contribution in [1.82, 2.24) is 0 Å². The number of Topliss-reactive ketones (excluding diaryl/α,β-unsaturated/α-hetero) is 1. The molecule has 2 radical (unpaired) electrons. The standard InChI is InChI=1S/C19H19BO3/c1-2-3-4-14-5-7-16(8-6-14)19(22)23-17-11-9-15(10-12-17)18(21)13-20/h5-12H,2-4,13H2,1H3. The van der Waals surface area contributed by atoms with Gasteiger partial charge in [-0.25, -0.2) is 4.79 Å². The molecule has 0 saturated carbocycles. The lowest BCUT2D eigenvalue weighted by atomic mass is 9.96. The van der Waals surface area contributed by atoms with Gasteiger partial charge in [0.25, 0.3) is 0 Å². The van der Waals surface area contributed by atoms with Gasteiger partial charge in [0.1, 0.15) is 5.75 Å². The highest BCUT2D eigenvalue weighted by Crippen LogP contribution is 2.16. The largest absolute Gasteiger partial charge is 0.423 e. The highest BCUT2D eigenvalue weighted by molar-refractivity contribution is 6.24. The van der Waals surface area contributed by atoms with Crippen molar-refractivity contribution < 1.29 is 14.3 Å². The van der Waals surface area contributed by atoms with Crippen LogP contribution < -0.4 is 4.74 Å². The van der Waals surface area contributed by atoms with Crippen molar-refractivity contribution in [2.45, 2.75) is 32.5 Å². The number of hydrogen-bond acceptors (Lipinski definition) is 3. The number of esters is 1. The van der Waals surface area contributed by atoms with Crippen molar-refractivity contribution in [2.24, 2.45) is 0 Å². The normalized spacial score (nSPS) is 10.3. The van der Waals surface area contributed by atoms with Crippen molar-refractivity contribution in [2.75, 3.05) is 0 Å². The highest BCUT2D eigenvalue weighted by atomic mass is 16.5. The van der Waals surface area contributed by atoms with E-state index in [9.17, 15) is 9.59 Å². The van der Waals surface area contributed by atoms with Crippen LogP contribution in [0.2, 0.25) is 6.32 Å². The maximum Gasteiger partial charge on any atom is 0.343 e. The van der Waals surface area contributed by atoms with E-state index in [4.69, 9.17) is 12.6 Å². The Morgan fingerprint density at radius 1 is 0.957 bits per heavy atom. The topological polar surface area (TPSA) is 43.4 Å². The molecular weight excluding hydrogens is 287 g/mol. The number of aryl methyl sites for hydroxylation is 1. The number of ketones is 1. The monoisotopic (exact) mass is 306 g/mol. The van der Waals surface area contributed by atoms with E-state index in [1.165, 1.54) is 5.56 Å². The third kappa shape index (κ3) is 4.81. The SMILES string of the molecule is [B]CC(=O)c1ccc(OC(=O)c2ccc(CCCC)cc2)cc1. The van der Waals surface area contributed by atoms with Crippen LogP contribution in [-0.2, 0) is 6.42 Å². The Balaban J connectivity index is 1.99. The second kappa shape index (κ2) is 8.32. The molecule has 0 aliphatic heterocycles. The molecule has 0 aliphatic rings. The third-order valence-corrected chi connectivity index (χ3v) is 3.58. The molecule has 3 nitrogen and oxygen atoms in total. The molecule has 116 valence electrons. The van der Waals surface area contributed by atoms with Crippen LogP contribution in [-0.4, -0.2) is 19.6 Å². The zero-order chi connectivity index (χ0) is 16.7. The number of rotatable bonds is 7. The molecular formula is C19H19BO3. The van der Waals surface area contributed by atoms with E-state index >= 15 is 0 Å². The Hall–Kier alpha value is -2.36. The predicted octanol–water partition coefficient (Wildman–Crippen LogP) is 4.02. The van der Waals surface area contributed by atoms with E-state index in [-0.39, 0.29) is 12.1 Å². The predicted molar refractivity (Wildman–Crippen MR) is 91.3 cm³/mol.